The van der Waals surface area contributed by atoms with E-state index < -0.39 is 0 Å². The van der Waals surface area contributed by atoms with Crippen molar-refractivity contribution in [1.82, 2.24) is 0 Å². The summed E-state index contributed by atoms with van der Waals surface area (Å²) in [5.74, 6) is 0. The van der Waals surface area contributed by atoms with E-state index in [-0.39, 0.29) is 12.4 Å². The summed E-state index contributed by atoms with van der Waals surface area (Å²) in [4.78, 5) is 0. The highest BCUT2D eigenvalue weighted by Crippen LogP contribution is 2.15. The fraction of sp³-hybridized carbons (Fsp3) is 1.00. The van der Waals surface area contributed by atoms with Crippen molar-refractivity contribution in [3.63, 3.8) is 0 Å². The van der Waals surface area contributed by atoms with E-state index in [9.17, 15) is 0 Å². The Labute approximate surface area is 99.5 Å². The fourth-order valence-electron chi connectivity index (χ4n) is 1.82. The van der Waals surface area contributed by atoms with Crippen LogP contribution in [0.25, 0.3) is 0 Å². The van der Waals surface area contributed by atoms with Gasteiger partial charge in [0.05, 0.1) is 12.7 Å². The van der Waals surface area contributed by atoms with Crippen LogP contribution < -0.4 is 0 Å². The molecular weight excluding hydrogens is 204 g/mol. The Balaban J connectivity index is 1.95. The molecule has 0 aromatic heterocycles. The van der Waals surface area contributed by atoms with E-state index in [0.29, 0.717) is 6.61 Å². The van der Waals surface area contributed by atoms with E-state index in [4.69, 9.17) is 14.2 Å². The molecule has 1 rings (SSSR count). The van der Waals surface area contributed by atoms with Crippen LogP contribution in [0.3, 0.4) is 0 Å². The van der Waals surface area contributed by atoms with Crippen LogP contribution >= 0.6 is 0 Å². The molecule has 3 heteroatoms. The molecular formula is C13H26O3. The van der Waals surface area contributed by atoms with Crippen LogP contribution in [0.2, 0.25) is 0 Å². The lowest BCUT2D eigenvalue weighted by molar-refractivity contribution is -0.193. The summed E-state index contributed by atoms with van der Waals surface area (Å²) in [6.07, 6.45) is 7.21. The first-order chi connectivity index (χ1) is 7.83. The second-order valence-electron chi connectivity index (χ2n) is 4.52. The summed E-state index contributed by atoms with van der Waals surface area (Å²) in [5.41, 5.74) is 0. The highest BCUT2D eigenvalue weighted by Gasteiger charge is 2.16. The number of hydrogen-bond acceptors (Lipinski definition) is 3. The fourth-order valence-corrected chi connectivity index (χ4v) is 1.82. The zero-order chi connectivity index (χ0) is 11.6. The Hall–Kier alpha value is -0.120. The number of ether oxygens (including phenoxy) is 3. The predicted molar refractivity (Wildman–Crippen MR) is 64.5 cm³/mol. The average Bonchev–Trinajstić information content (AvgIpc) is 2.30. The van der Waals surface area contributed by atoms with Crippen molar-refractivity contribution < 1.29 is 14.2 Å². The van der Waals surface area contributed by atoms with Gasteiger partial charge in [-0.3, -0.25) is 0 Å². The zero-order valence-electron chi connectivity index (χ0n) is 10.7. The molecule has 0 radical (unpaired) electrons. The third-order valence-electron chi connectivity index (χ3n) is 2.77. The molecule has 2 atom stereocenters. The normalized spacial score (nSPS) is 23.2. The Morgan fingerprint density at radius 3 is 2.88 bits per heavy atom. The van der Waals surface area contributed by atoms with Crippen LogP contribution in [0.1, 0.15) is 52.4 Å². The lowest BCUT2D eigenvalue weighted by atomic mass is 10.2. The minimum atomic E-state index is 0.00277. The molecule has 0 aliphatic carbocycles. The van der Waals surface area contributed by atoms with E-state index in [0.717, 1.165) is 26.1 Å². The van der Waals surface area contributed by atoms with Crippen molar-refractivity contribution in [2.75, 3.05) is 19.8 Å². The molecule has 1 aliphatic rings. The van der Waals surface area contributed by atoms with Gasteiger partial charge in [0.25, 0.3) is 0 Å². The van der Waals surface area contributed by atoms with Crippen molar-refractivity contribution in [1.29, 1.82) is 0 Å². The Morgan fingerprint density at radius 1 is 1.31 bits per heavy atom. The van der Waals surface area contributed by atoms with Crippen LogP contribution in [0.4, 0.5) is 0 Å². The Kier molecular flexibility index (Phi) is 7.81. The molecule has 0 aromatic carbocycles. The summed E-state index contributed by atoms with van der Waals surface area (Å²) < 4.78 is 16.8. The number of rotatable bonds is 8. The van der Waals surface area contributed by atoms with Gasteiger partial charge < -0.3 is 14.2 Å². The van der Waals surface area contributed by atoms with Crippen molar-refractivity contribution in [2.45, 2.75) is 64.8 Å². The van der Waals surface area contributed by atoms with Gasteiger partial charge in [-0.05, 0) is 32.6 Å². The zero-order valence-corrected chi connectivity index (χ0v) is 10.7. The van der Waals surface area contributed by atoms with Gasteiger partial charge in [0.1, 0.15) is 0 Å². The first-order valence-corrected chi connectivity index (χ1v) is 6.67. The molecule has 1 aliphatic heterocycles. The summed E-state index contributed by atoms with van der Waals surface area (Å²) in [7, 11) is 0. The van der Waals surface area contributed by atoms with Gasteiger partial charge in [0.2, 0.25) is 0 Å². The minimum absolute atomic E-state index is 0.00277. The standard InChI is InChI=1S/C13H26O3/c1-3-4-6-9-14-11-12(2)16-13-8-5-7-10-15-13/h12-13H,3-11H2,1-2H3. The van der Waals surface area contributed by atoms with E-state index >= 15 is 0 Å². The topological polar surface area (TPSA) is 27.7 Å². The lowest BCUT2D eigenvalue weighted by Gasteiger charge is -2.25. The molecule has 0 aromatic rings. The molecule has 0 N–H and O–H groups in total. The third-order valence-corrected chi connectivity index (χ3v) is 2.77. The maximum absolute atomic E-state index is 5.75. The molecule has 3 nitrogen and oxygen atoms in total. The van der Waals surface area contributed by atoms with Crippen molar-refractivity contribution in [2.24, 2.45) is 0 Å². The largest absolute Gasteiger partial charge is 0.379 e. The highest BCUT2D eigenvalue weighted by atomic mass is 16.7. The van der Waals surface area contributed by atoms with Crippen molar-refractivity contribution in [3.05, 3.63) is 0 Å². The molecule has 0 spiro atoms. The third kappa shape index (κ3) is 6.46. The summed E-state index contributed by atoms with van der Waals surface area (Å²) >= 11 is 0. The maximum Gasteiger partial charge on any atom is 0.158 e. The monoisotopic (exact) mass is 230 g/mol. The van der Waals surface area contributed by atoms with Gasteiger partial charge in [-0.25, -0.2) is 0 Å². The van der Waals surface area contributed by atoms with Crippen LogP contribution in [-0.4, -0.2) is 32.2 Å². The maximum atomic E-state index is 5.75. The van der Waals surface area contributed by atoms with Gasteiger partial charge in [-0.1, -0.05) is 19.8 Å². The molecule has 96 valence electrons. The summed E-state index contributed by atoms with van der Waals surface area (Å²) in [5, 5.41) is 0. The minimum Gasteiger partial charge on any atom is -0.379 e. The van der Waals surface area contributed by atoms with Crippen LogP contribution in [0.15, 0.2) is 0 Å². The van der Waals surface area contributed by atoms with E-state index in [2.05, 4.69) is 13.8 Å². The first kappa shape index (κ1) is 13.9. The molecule has 1 heterocycles. The summed E-state index contributed by atoms with van der Waals surface area (Å²) in [6, 6.07) is 0. The SMILES string of the molecule is CCCCCOCC(C)OC1CCCCO1. The molecule has 0 amide bonds. The van der Waals surface area contributed by atoms with Gasteiger partial charge in [-0.2, -0.15) is 0 Å². The molecule has 1 saturated heterocycles. The van der Waals surface area contributed by atoms with Gasteiger partial charge in [-0.15, -0.1) is 0 Å². The summed E-state index contributed by atoms with van der Waals surface area (Å²) in [6.45, 7) is 6.63. The lowest BCUT2D eigenvalue weighted by Crippen LogP contribution is -2.28. The smallest absolute Gasteiger partial charge is 0.158 e. The first-order valence-electron chi connectivity index (χ1n) is 6.67. The van der Waals surface area contributed by atoms with Crippen LogP contribution in [0, 0.1) is 0 Å². The number of unbranched alkanes of at least 4 members (excludes halogenated alkanes) is 2. The van der Waals surface area contributed by atoms with Crippen LogP contribution in [0.5, 0.6) is 0 Å². The second-order valence-corrected chi connectivity index (χ2v) is 4.52. The highest BCUT2D eigenvalue weighted by molar-refractivity contribution is 4.57. The molecule has 1 fully saturated rings. The average molecular weight is 230 g/mol. The van der Waals surface area contributed by atoms with Crippen LogP contribution in [-0.2, 0) is 14.2 Å². The second kappa shape index (κ2) is 8.97. The molecule has 16 heavy (non-hydrogen) atoms. The van der Waals surface area contributed by atoms with E-state index in [1.54, 1.807) is 0 Å². The van der Waals surface area contributed by atoms with Gasteiger partial charge >= 0.3 is 0 Å². The van der Waals surface area contributed by atoms with E-state index in [1.807, 2.05) is 0 Å². The number of hydrogen-bond donors (Lipinski definition) is 0. The van der Waals surface area contributed by atoms with Crippen molar-refractivity contribution >= 4 is 0 Å². The molecule has 2 unspecified atom stereocenters. The van der Waals surface area contributed by atoms with Crippen molar-refractivity contribution in [3.8, 4) is 0 Å². The molecule has 0 bridgehead atoms. The quantitative estimate of drug-likeness (QED) is 0.600. The van der Waals surface area contributed by atoms with Gasteiger partial charge in [0, 0.05) is 13.2 Å². The van der Waals surface area contributed by atoms with Gasteiger partial charge in [0.15, 0.2) is 6.29 Å². The Morgan fingerprint density at radius 2 is 2.19 bits per heavy atom. The Bertz CT molecular complexity index is 155. The van der Waals surface area contributed by atoms with E-state index in [1.165, 1.54) is 25.7 Å². The predicted octanol–water partition coefficient (Wildman–Crippen LogP) is 3.12. The molecule has 0 saturated carbocycles.